The molecule has 0 radical (unpaired) electrons. The molecule has 1 aliphatic heterocycles. The summed E-state index contributed by atoms with van der Waals surface area (Å²) in [5, 5.41) is 3.48. The molecule has 0 aliphatic carbocycles. The fourth-order valence-electron chi connectivity index (χ4n) is 2.87. The van der Waals surface area contributed by atoms with Crippen LogP contribution < -0.4 is 5.32 Å². The number of likely N-dealkylation sites (tertiary alicyclic amines) is 1. The van der Waals surface area contributed by atoms with Crippen LogP contribution in [0.5, 0.6) is 0 Å². The molecule has 1 aliphatic rings. The molecule has 0 spiro atoms. The molecule has 0 unspecified atom stereocenters. The molecule has 1 aromatic carbocycles. The first-order chi connectivity index (χ1) is 12.3. The Kier molecular flexibility index (Phi) is 9.77. The third kappa shape index (κ3) is 7.67. The third-order valence-corrected chi connectivity index (χ3v) is 5.21. The lowest BCUT2D eigenvalue weighted by Gasteiger charge is -2.34. The standard InChI is InChI=1S/C19H31N3O2S/c1-20-19(21-11-16-25-18-7-4-3-5-8-18)22-12-9-17(10-13-22)24-15-6-14-23-2/h3-5,7-8,17H,6,9-16H2,1-2H3,(H,20,21). The molecule has 6 heteroatoms. The minimum absolute atomic E-state index is 0.375. The molecule has 1 heterocycles. The quantitative estimate of drug-likeness (QED) is 0.316. The highest BCUT2D eigenvalue weighted by atomic mass is 32.2. The Balaban J connectivity index is 1.61. The van der Waals surface area contributed by atoms with E-state index in [9.17, 15) is 0 Å². The van der Waals surface area contributed by atoms with Crippen molar-refractivity contribution in [1.82, 2.24) is 10.2 Å². The SMILES string of the molecule is CN=C(NCCSc1ccccc1)N1CCC(OCCCOC)CC1. The fraction of sp³-hybridized carbons (Fsp3) is 0.632. The van der Waals surface area contributed by atoms with Gasteiger partial charge in [0.05, 0.1) is 6.10 Å². The zero-order valence-electron chi connectivity index (χ0n) is 15.4. The van der Waals surface area contributed by atoms with Crippen molar-refractivity contribution in [2.75, 3.05) is 52.8 Å². The van der Waals surface area contributed by atoms with Crippen LogP contribution >= 0.6 is 11.8 Å². The number of hydrogen-bond donors (Lipinski definition) is 1. The Labute approximate surface area is 156 Å². The van der Waals surface area contributed by atoms with Gasteiger partial charge in [-0.15, -0.1) is 11.8 Å². The van der Waals surface area contributed by atoms with Gasteiger partial charge < -0.3 is 19.7 Å². The summed E-state index contributed by atoms with van der Waals surface area (Å²) < 4.78 is 11.0. The van der Waals surface area contributed by atoms with Crippen LogP contribution in [0.15, 0.2) is 40.2 Å². The third-order valence-electron chi connectivity index (χ3n) is 4.20. The molecule has 0 aromatic heterocycles. The predicted octanol–water partition coefficient (Wildman–Crippen LogP) is 2.87. The number of hydrogen-bond acceptors (Lipinski definition) is 4. The summed E-state index contributed by atoms with van der Waals surface area (Å²) in [5.74, 6) is 2.04. The summed E-state index contributed by atoms with van der Waals surface area (Å²) in [7, 11) is 3.59. The van der Waals surface area contributed by atoms with Gasteiger partial charge in [0.2, 0.25) is 0 Å². The van der Waals surface area contributed by atoms with Crippen molar-refractivity contribution >= 4 is 17.7 Å². The largest absolute Gasteiger partial charge is 0.385 e. The van der Waals surface area contributed by atoms with E-state index in [1.807, 2.05) is 18.8 Å². The lowest BCUT2D eigenvalue weighted by molar-refractivity contribution is 0.00993. The van der Waals surface area contributed by atoms with Crippen molar-refractivity contribution in [1.29, 1.82) is 0 Å². The van der Waals surface area contributed by atoms with Gasteiger partial charge in [-0.05, 0) is 31.4 Å². The summed E-state index contributed by atoms with van der Waals surface area (Å²) in [6, 6.07) is 10.5. The molecule has 0 atom stereocenters. The van der Waals surface area contributed by atoms with Crippen LogP contribution in [0.1, 0.15) is 19.3 Å². The van der Waals surface area contributed by atoms with E-state index in [0.29, 0.717) is 6.10 Å². The van der Waals surface area contributed by atoms with Gasteiger partial charge in [-0.2, -0.15) is 0 Å². The normalized spacial score (nSPS) is 16.2. The zero-order chi connectivity index (χ0) is 17.7. The summed E-state index contributed by atoms with van der Waals surface area (Å²) in [6.07, 6.45) is 3.47. The Hall–Kier alpha value is -1.24. The first kappa shape index (κ1) is 20.1. The number of benzene rings is 1. The summed E-state index contributed by atoms with van der Waals surface area (Å²) in [5.41, 5.74) is 0. The maximum absolute atomic E-state index is 5.92. The Morgan fingerprint density at radius 3 is 2.68 bits per heavy atom. The van der Waals surface area contributed by atoms with E-state index < -0.39 is 0 Å². The lowest BCUT2D eigenvalue weighted by Crippen LogP contribution is -2.47. The number of nitrogens with one attached hydrogen (secondary N) is 1. The van der Waals surface area contributed by atoms with E-state index in [1.54, 1.807) is 7.11 Å². The van der Waals surface area contributed by atoms with Crippen molar-refractivity contribution < 1.29 is 9.47 Å². The molecule has 1 fully saturated rings. The monoisotopic (exact) mass is 365 g/mol. The van der Waals surface area contributed by atoms with E-state index in [-0.39, 0.29) is 0 Å². The van der Waals surface area contributed by atoms with Gasteiger partial charge >= 0.3 is 0 Å². The number of nitrogens with zero attached hydrogens (tertiary/aromatic N) is 2. The molecule has 1 saturated heterocycles. The number of thioether (sulfide) groups is 1. The molecular formula is C19H31N3O2S. The van der Waals surface area contributed by atoms with Crippen LogP contribution in [0.3, 0.4) is 0 Å². The van der Waals surface area contributed by atoms with Crippen molar-refractivity contribution in [2.45, 2.75) is 30.3 Å². The minimum Gasteiger partial charge on any atom is -0.385 e. The number of piperidine rings is 1. The van der Waals surface area contributed by atoms with Gasteiger partial charge in [-0.1, -0.05) is 18.2 Å². The van der Waals surface area contributed by atoms with E-state index in [0.717, 1.165) is 63.8 Å². The van der Waals surface area contributed by atoms with Gasteiger partial charge in [-0.25, -0.2) is 0 Å². The Morgan fingerprint density at radius 1 is 1.24 bits per heavy atom. The summed E-state index contributed by atoms with van der Waals surface area (Å²) in [4.78, 5) is 8.08. The Bertz CT molecular complexity index is 491. The molecule has 1 N–H and O–H groups in total. The van der Waals surface area contributed by atoms with Crippen molar-refractivity contribution in [3.05, 3.63) is 30.3 Å². The van der Waals surface area contributed by atoms with E-state index in [1.165, 1.54) is 4.90 Å². The first-order valence-electron chi connectivity index (χ1n) is 9.07. The van der Waals surface area contributed by atoms with Crippen molar-refractivity contribution in [3.63, 3.8) is 0 Å². The highest BCUT2D eigenvalue weighted by molar-refractivity contribution is 7.99. The summed E-state index contributed by atoms with van der Waals surface area (Å²) in [6.45, 7) is 4.49. The number of guanidine groups is 1. The molecule has 140 valence electrons. The van der Waals surface area contributed by atoms with Gasteiger partial charge in [0.1, 0.15) is 0 Å². The van der Waals surface area contributed by atoms with E-state index in [2.05, 4.69) is 45.5 Å². The molecule has 0 saturated carbocycles. The smallest absolute Gasteiger partial charge is 0.193 e. The van der Waals surface area contributed by atoms with E-state index >= 15 is 0 Å². The second-order valence-corrected chi connectivity index (χ2v) is 7.21. The molecule has 0 amide bonds. The number of ether oxygens (including phenoxy) is 2. The van der Waals surface area contributed by atoms with Gasteiger partial charge in [0.25, 0.3) is 0 Å². The number of methoxy groups -OCH3 is 1. The highest BCUT2D eigenvalue weighted by Gasteiger charge is 2.21. The average Bonchev–Trinajstić information content (AvgIpc) is 2.67. The van der Waals surface area contributed by atoms with Crippen molar-refractivity contribution in [3.8, 4) is 0 Å². The van der Waals surface area contributed by atoms with Crippen LogP contribution in [0, 0.1) is 0 Å². The molecule has 2 rings (SSSR count). The summed E-state index contributed by atoms with van der Waals surface area (Å²) >= 11 is 1.87. The van der Waals surface area contributed by atoms with Crippen LogP contribution in [0.4, 0.5) is 0 Å². The maximum atomic E-state index is 5.92. The van der Waals surface area contributed by atoms with Crippen LogP contribution in [0.2, 0.25) is 0 Å². The van der Waals surface area contributed by atoms with Crippen molar-refractivity contribution in [2.24, 2.45) is 4.99 Å². The number of aliphatic imine (C=N–C) groups is 1. The van der Waals surface area contributed by atoms with Crippen LogP contribution in [-0.2, 0) is 9.47 Å². The average molecular weight is 366 g/mol. The minimum atomic E-state index is 0.375. The molecule has 0 bridgehead atoms. The van der Waals surface area contributed by atoms with Gasteiger partial charge in [0, 0.05) is 57.7 Å². The maximum Gasteiger partial charge on any atom is 0.193 e. The molecule has 1 aromatic rings. The highest BCUT2D eigenvalue weighted by Crippen LogP contribution is 2.16. The Morgan fingerprint density at radius 2 is 2.00 bits per heavy atom. The fourth-order valence-corrected chi connectivity index (χ4v) is 3.66. The predicted molar refractivity (Wildman–Crippen MR) is 106 cm³/mol. The van der Waals surface area contributed by atoms with Crippen LogP contribution in [0.25, 0.3) is 0 Å². The second kappa shape index (κ2) is 12.2. The van der Waals surface area contributed by atoms with Gasteiger partial charge in [-0.3, -0.25) is 4.99 Å². The topological polar surface area (TPSA) is 46.1 Å². The lowest BCUT2D eigenvalue weighted by atomic mass is 10.1. The second-order valence-electron chi connectivity index (χ2n) is 6.04. The zero-order valence-corrected chi connectivity index (χ0v) is 16.3. The van der Waals surface area contributed by atoms with Crippen LogP contribution in [-0.4, -0.2) is 69.7 Å². The van der Waals surface area contributed by atoms with E-state index in [4.69, 9.17) is 9.47 Å². The molecule has 5 nitrogen and oxygen atoms in total. The molecular weight excluding hydrogens is 334 g/mol. The first-order valence-corrected chi connectivity index (χ1v) is 10.1. The molecule has 25 heavy (non-hydrogen) atoms. The number of rotatable bonds is 9. The van der Waals surface area contributed by atoms with Gasteiger partial charge in [0.15, 0.2) is 5.96 Å².